The van der Waals surface area contributed by atoms with E-state index in [4.69, 9.17) is 24.3 Å². The predicted molar refractivity (Wildman–Crippen MR) is 165 cm³/mol. The van der Waals surface area contributed by atoms with Gasteiger partial charge in [0.25, 0.3) is 5.91 Å². The van der Waals surface area contributed by atoms with Crippen LogP contribution in [0.15, 0.2) is 96.5 Å². The Morgan fingerprint density at radius 2 is 1.69 bits per heavy atom. The zero-order valence-corrected chi connectivity index (χ0v) is 24.4. The number of nitrogens with one attached hydrogen (secondary N) is 2. The predicted octanol–water partition coefficient (Wildman–Crippen LogP) is 5.38. The van der Waals surface area contributed by atoms with Gasteiger partial charge in [-0.2, -0.15) is 0 Å². The van der Waals surface area contributed by atoms with Gasteiger partial charge in [0.15, 0.2) is 11.6 Å². The minimum absolute atomic E-state index is 0.0739. The smallest absolute Gasteiger partial charge is 0.266 e. The van der Waals surface area contributed by atoms with Crippen molar-refractivity contribution in [3.63, 3.8) is 0 Å². The highest BCUT2D eigenvalue weighted by atomic mass is 16.5. The van der Waals surface area contributed by atoms with E-state index in [0.29, 0.717) is 37.8 Å². The van der Waals surface area contributed by atoms with Crippen LogP contribution in [-0.2, 0) is 14.3 Å². The first kappa shape index (κ1) is 31.0. The lowest BCUT2D eigenvalue weighted by Crippen LogP contribution is -2.52. The molecule has 0 fully saturated rings. The molecule has 0 aliphatic carbocycles. The van der Waals surface area contributed by atoms with E-state index in [1.807, 2.05) is 80.6 Å². The van der Waals surface area contributed by atoms with E-state index in [2.05, 4.69) is 29.6 Å². The molecule has 222 valence electrons. The molecule has 8 heteroatoms. The summed E-state index contributed by atoms with van der Waals surface area (Å²) < 4.78 is 17.8. The first-order chi connectivity index (χ1) is 20.5. The van der Waals surface area contributed by atoms with E-state index in [-0.39, 0.29) is 25.0 Å². The number of hydrazine groups is 1. The van der Waals surface area contributed by atoms with Gasteiger partial charge in [-0.3, -0.25) is 10.2 Å². The van der Waals surface area contributed by atoms with E-state index in [0.717, 1.165) is 28.7 Å². The third-order valence-corrected chi connectivity index (χ3v) is 6.91. The molecule has 1 aliphatic heterocycles. The van der Waals surface area contributed by atoms with Crippen molar-refractivity contribution in [1.82, 2.24) is 10.9 Å². The van der Waals surface area contributed by atoms with Crippen molar-refractivity contribution in [1.29, 1.82) is 0 Å². The Morgan fingerprint density at radius 1 is 1.00 bits per heavy atom. The second kappa shape index (κ2) is 15.3. The van der Waals surface area contributed by atoms with Gasteiger partial charge in [0, 0.05) is 38.2 Å². The Morgan fingerprint density at radius 3 is 2.36 bits per heavy atom. The molecule has 0 aromatic heterocycles. The summed E-state index contributed by atoms with van der Waals surface area (Å²) in [6.07, 6.45) is 2.76. The number of carbonyl (C=O) groups excluding carboxylic acids is 1. The van der Waals surface area contributed by atoms with Crippen molar-refractivity contribution in [2.24, 2.45) is 4.99 Å². The Labute approximate surface area is 248 Å². The number of hydrogen-bond donors (Lipinski definition) is 3. The van der Waals surface area contributed by atoms with Gasteiger partial charge in [-0.1, -0.05) is 60.7 Å². The topological polar surface area (TPSA) is 101 Å². The van der Waals surface area contributed by atoms with E-state index >= 15 is 0 Å². The molecule has 1 heterocycles. The number of nitrogens with zero attached hydrogens (tertiary/aromatic N) is 1. The molecule has 3 aromatic carbocycles. The van der Waals surface area contributed by atoms with Crippen molar-refractivity contribution < 1.29 is 24.1 Å². The number of hydrogen-bond acceptors (Lipinski definition) is 7. The van der Waals surface area contributed by atoms with Crippen LogP contribution in [0.1, 0.15) is 50.3 Å². The molecule has 0 unspecified atom stereocenters. The van der Waals surface area contributed by atoms with Crippen LogP contribution in [0.3, 0.4) is 0 Å². The highest BCUT2D eigenvalue weighted by Crippen LogP contribution is 2.43. The van der Waals surface area contributed by atoms with E-state index in [1.54, 1.807) is 6.08 Å². The summed E-state index contributed by atoms with van der Waals surface area (Å²) in [4.78, 5) is 18.8. The molecule has 1 aliphatic rings. The summed E-state index contributed by atoms with van der Waals surface area (Å²) in [5.74, 6) is 0.749. The Hall–Kier alpha value is -3.98. The molecule has 3 N–H and O–H groups in total. The maximum Gasteiger partial charge on any atom is 0.266 e. The fourth-order valence-corrected chi connectivity index (χ4v) is 4.75. The van der Waals surface area contributed by atoms with E-state index < -0.39 is 11.6 Å². The maximum absolute atomic E-state index is 13.9. The van der Waals surface area contributed by atoms with Gasteiger partial charge in [-0.05, 0) is 61.2 Å². The van der Waals surface area contributed by atoms with Crippen LogP contribution in [-0.4, -0.2) is 54.9 Å². The third kappa shape index (κ3) is 7.85. The van der Waals surface area contributed by atoms with Crippen molar-refractivity contribution in [3.05, 3.63) is 103 Å². The van der Waals surface area contributed by atoms with Gasteiger partial charge >= 0.3 is 0 Å². The fourth-order valence-electron chi connectivity index (χ4n) is 4.75. The molecule has 8 nitrogen and oxygen atoms in total. The Bertz CT molecular complexity index is 1310. The largest absolute Gasteiger partial charge is 0.494 e. The summed E-state index contributed by atoms with van der Waals surface area (Å²) >= 11 is 0. The van der Waals surface area contributed by atoms with Gasteiger partial charge in [-0.15, -0.1) is 6.58 Å². The molecule has 0 saturated heterocycles. The summed E-state index contributed by atoms with van der Waals surface area (Å²) in [5.41, 5.74) is 8.36. The number of carbonyl (C=O) groups is 1. The van der Waals surface area contributed by atoms with Crippen LogP contribution < -0.4 is 15.6 Å². The summed E-state index contributed by atoms with van der Waals surface area (Å²) in [7, 11) is 0. The first-order valence-corrected chi connectivity index (χ1v) is 14.5. The Balaban J connectivity index is 1.60. The number of aliphatic hydroxyl groups is 1. The normalized spacial score (nSPS) is 17.9. The van der Waals surface area contributed by atoms with E-state index in [9.17, 15) is 4.79 Å². The lowest BCUT2D eigenvalue weighted by Gasteiger charge is -2.29. The molecular formula is C34H41N3O5. The molecule has 0 bridgehead atoms. The molecule has 1 amide bonds. The molecule has 42 heavy (non-hydrogen) atoms. The highest BCUT2D eigenvalue weighted by Gasteiger charge is 2.52. The van der Waals surface area contributed by atoms with Gasteiger partial charge in [0.1, 0.15) is 5.75 Å². The van der Waals surface area contributed by atoms with Crippen molar-refractivity contribution >= 4 is 11.8 Å². The van der Waals surface area contributed by atoms with Crippen LogP contribution in [0.5, 0.6) is 5.75 Å². The lowest BCUT2D eigenvalue weighted by molar-refractivity contribution is -0.129. The molecular weight excluding hydrogens is 530 g/mol. The molecule has 2 atom stereocenters. The SMILES string of the molecule is C=CC[C@]1(C(=O)NNCCCOC(C)C)N=C(c2ccc(OCCCO)cc2)O[C@H]1c1ccc(-c2ccccc2)cc1. The van der Waals surface area contributed by atoms with Crippen LogP contribution in [0.2, 0.25) is 0 Å². The van der Waals surface area contributed by atoms with Crippen LogP contribution in [0, 0.1) is 0 Å². The number of rotatable bonds is 16. The monoisotopic (exact) mass is 571 g/mol. The van der Waals surface area contributed by atoms with Crippen molar-refractivity contribution in [2.45, 2.75) is 50.9 Å². The summed E-state index contributed by atoms with van der Waals surface area (Å²) in [6, 6.07) is 25.6. The number of amides is 1. The van der Waals surface area contributed by atoms with Gasteiger partial charge in [0.05, 0.1) is 12.7 Å². The van der Waals surface area contributed by atoms with Crippen LogP contribution in [0.4, 0.5) is 0 Å². The first-order valence-electron chi connectivity index (χ1n) is 14.5. The maximum atomic E-state index is 13.9. The van der Waals surface area contributed by atoms with Gasteiger partial charge in [-0.25, -0.2) is 10.4 Å². The second-order valence-electron chi connectivity index (χ2n) is 10.4. The van der Waals surface area contributed by atoms with Crippen LogP contribution >= 0.6 is 0 Å². The lowest BCUT2D eigenvalue weighted by atomic mass is 9.84. The van der Waals surface area contributed by atoms with Crippen molar-refractivity contribution in [2.75, 3.05) is 26.4 Å². The van der Waals surface area contributed by atoms with Crippen molar-refractivity contribution in [3.8, 4) is 16.9 Å². The van der Waals surface area contributed by atoms with Gasteiger partial charge in [0.2, 0.25) is 5.90 Å². The standard InChI is InChI=1S/C34H41N3O5/c1-4-20-34(33(39)37-35-21-8-23-40-25(2)3)31(28-14-12-27(13-15-28)26-10-6-5-7-11-26)42-32(36-34)29-16-18-30(19-17-29)41-24-9-22-38/h4-7,10-19,25,31,35,38H,1,8-9,20-24H2,2-3H3,(H,37,39)/t31-,34-/m0/s1. The molecule has 0 spiro atoms. The molecule has 0 saturated carbocycles. The molecule has 3 aromatic rings. The second-order valence-corrected chi connectivity index (χ2v) is 10.4. The summed E-state index contributed by atoms with van der Waals surface area (Å²) in [5, 5.41) is 9.01. The van der Waals surface area contributed by atoms with Gasteiger partial charge < -0.3 is 19.3 Å². The fraction of sp³-hybridized carbons (Fsp3) is 0.353. The minimum Gasteiger partial charge on any atom is -0.494 e. The minimum atomic E-state index is -1.27. The average Bonchev–Trinajstić information content (AvgIpc) is 3.40. The third-order valence-electron chi connectivity index (χ3n) is 6.91. The van der Waals surface area contributed by atoms with Crippen LogP contribution in [0.25, 0.3) is 11.1 Å². The number of aliphatic hydroxyl groups excluding tert-OH is 1. The molecule has 4 rings (SSSR count). The van der Waals surface area contributed by atoms with E-state index in [1.165, 1.54) is 0 Å². The average molecular weight is 572 g/mol. The quantitative estimate of drug-likeness (QED) is 0.121. The molecule has 0 radical (unpaired) electrons. The number of ether oxygens (including phenoxy) is 3. The summed E-state index contributed by atoms with van der Waals surface area (Å²) in [6.45, 7) is 9.57. The zero-order valence-electron chi connectivity index (χ0n) is 24.4. The Kier molecular flexibility index (Phi) is 11.3. The number of aliphatic imine (C=N–C) groups is 1. The highest BCUT2D eigenvalue weighted by molar-refractivity contribution is 6.01. The number of benzene rings is 3. The zero-order chi connectivity index (χ0) is 29.8.